The van der Waals surface area contributed by atoms with Crippen molar-refractivity contribution in [3.63, 3.8) is 0 Å². The van der Waals surface area contributed by atoms with Crippen molar-refractivity contribution in [3.8, 4) is 11.3 Å². The van der Waals surface area contributed by atoms with Crippen LogP contribution in [0.2, 0.25) is 5.02 Å². The molecule has 1 saturated carbocycles. The molecule has 0 aromatic carbocycles. The first-order chi connectivity index (χ1) is 17.1. The molecule has 5 N–H and O–H groups in total. The minimum atomic E-state index is -0.263. The van der Waals surface area contributed by atoms with Gasteiger partial charge in [0.15, 0.2) is 0 Å². The van der Waals surface area contributed by atoms with Crippen LogP contribution in [0.3, 0.4) is 0 Å². The summed E-state index contributed by atoms with van der Waals surface area (Å²) in [4.78, 5) is 9.35. The number of rotatable bonds is 8. The molecule has 0 spiro atoms. The van der Waals surface area contributed by atoms with E-state index in [1.165, 1.54) is 12.8 Å². The van der Waals surface area contributed by atoms with E-state index in [9.17, 15) is 0 Å². The fraction of sp³-hybridized carbons (Fsp3) is 0.615. The average Bonchev–Trinajstić information content (AvgIpc) is 3.39. The summed E-state index contributed by atoms with van der Waals surface area (Å²) in [6.07, 6.45) is 9.10. The maximum absolute atomic E-state index is 6.54. The highest BCUT2D eigenvalue weighted by Crippen LogP contribution is 2.30. The molecule has 0 bridgehead atoms. The number of hydrogen-bond donors (Lipinski definition) is 4. The molecule has 0 amide bonds. The molecule has 5 rings (SSSR count). The number of halogens is 1. The summed E-state index contributed by atoms with van der Waals surface area (Å²) in [7, 11) is 0. The van der Waals surface area contributed by atoms with Gasteiger partial charge in [0.05, 0.1) is 17.3 Å². The lowest BCUT2D eigenvalue weighted by atomic mass is 9.90. The molecular weight excluding hydrogens is 464 g/mol. The molecule has 0 radical (unpaired) electrons. The quantitative estimate of drug-likeness (QED) is 0.433. The summed E-state index contributed by atoms with van der Waals surface area (Å²) in [5.74, 6) is 1.63. The summed E-state index contributed by atoms with van der Waals surface area (Å²) in [6.45, 7) is 3.82. The van der Waals surface area contributed by atoms with Crippen LogP contribution in [0.4, 0.5) is 11.6 Å². The van der Waals surface area contributed by atoms with Gasteiger partial charge in [-0.25, -0.2) is 9.97 Å². The highest BCUT2D eigenvalue weighted by Gasteiger charge is 2.28. The fourth-order valence-corrected chi connectivity index (χ4v) is 5.43. The largest absolute Gasteiger partial charge is 0.381 e. The van der Waals surface area contributed by atoms with Crippen molar-refractivity contribution in [2.75, 3.05) is 43.6 Å². The van der Waals surface area contributed by atoms with Crippen LogP contribution in [0.1, 0.15) is 44.9 Å². The van der Waals surface area contributed by atoms with E-state index in [0.29, 0.717) is 42.9 Å². The molecule has 2 aromatic heterocycles. The first-order valence-electron chi connectivity index (χ1n) is 12.9. The van der Waals surface area contributed by atoms with Crippen molar-refractivity contribution in [2.24, 2.45) is 5.73 Å². The molecule has 1 atom stereocenters. The molecule has 0 unspecified atom stereocenters. The highest BCUT2D eigenvalue weighted by atomic mass is 35.5. The van der Waals surface area contributed by atoms with Gasteiger partial charge < -0.3 is 31.2 Å². The Balaban J connectivity index is 1.19. The molecule has 9 heteroatoms. The number of ether oxygens (including phenoxy) is 2. The lowest BCUT2D eigenvalue weighted by Gasteiger charge is -2.33. The molecule has 2 saturated heterocycles. The van der Waals surface area contributed by atoms with Crippen LogP contribution in [-0.2, 0) is 9.47 Å². The van der Waals surface area contributed by atoms with Crippen molar-refractivity contribution < 1.29 is 9.47 Å². The number of nitrogens with two attached hydrogens (primary N) is 1. The number of anilines is 2. The van der Waals surface area contributed by atoms with Gasteiger partial charge in [-0.2, -0.15) is 0 Å². The van der Waals surface area contributed by atoms with Crippen molar-refractivity contribution >= 4 is 23.2 Å². The lowest BCUT2D eigenvalue weighted by Crippen LogP contribution is -2.50. The van der Waals surface area contributed by atoms with Crippen LogP contribution >= 0.6 is 11.6 Å². The van der Waals surface area contributed by atoms with Gasteiger partial charge in [0.25, 0.3) is 0 Å². The number of pyridine rings is 2. The van der Waals surface area contributed by atoms with Crippen LogP contribution < -0.4 is 21.7 Å². The minimum Gasteiger partial charge on any atom is -0.381 e. The Morgan fingerprint density at radius 2 is 1.77 bits per heavy atom. The topological polar surface area (TPSA) is 106 Å². The number of hydrogen-bond acceptors (Lipinski definition) is 8. The third-order valence-corrected chi connectivity index (χ3v) is 7.77. The van der Waals surface area contributed by atoms with Crippen molar-refractivity contribution in [1.82, 2.24) is 15.3 Å². The summed E-state index contributed by atoms with van der Waals surface area (Å²) in [6, 6.07) is 9.46. The molecule has 3 fully saturated rings. The van der Waals surface area contributed by atoms with Crippen LogP contribution in [0, 0.1) is 0 Å². The van der Waals surface area contributed by atoms with Gasteiger partial charge in [-0.3, -0.25) is 0 Å². The summed E-state index contributed by atoms with van der Waals surface area (Å²) in [5, 5.41) is 11.4. The second kappa shape index (κ2) is 11.4. The Kier molecular flexibility index (Phi) is 8.04. The zero-order valence-corrected chi connectivity index (χ0v) is 21.0. The van der Waals surface area contributed by atoms with Gasteiger partial charge >= 0.3 is 0 Å². The Hall–Kier alpha value is -1.97. The molecule has 1 aliphatic carbocycles. The maximum atomic E-state index is 6.54. The first-order valence-corrected chi connectivity index (χ1v) is 13.3. The SMILES string of the molecule is NC1(CNc2cccc(-c3cc(NC4CCC(N[C@@H]5CCOC5)CC4)ncc3Cl)n2)CCOCC1. The molecule has 35 heavy (non-hydrogen) atoms. The summed E-state index contributed by atoms with van der Waals surface area (Å²) >= 11 is 6.54. The van der Waals surface area contributed by atoms with Gasteiger partial charge in [-0.15, -0.1) is 0 Å². The maximum Gasteiger partial charge on any atom is 0.126 e. The monoisotopic (exact) mass is 500 g/mol. The van der Waals surface area contributed by atoms with Crippen LogP contribution in [-0.4, -0.2) is 66.6 Å². The third kappa shape index (κ3) is 6.62. The normalized spacial score (nSPS) is 26.4. The number of nitrogens with one attached hydrogen (secondary N) is 3. The average molecular weight is 501 g/mol. The summed E-state index contributed by atoms with van der Waals surface area (Å²) in [5.41, 5.74) is 7.95. The van der Waals surface area contributed by atoms with Gasteiger partial charge in [-0.05, 0) is 63.1 Å². The Bertz CT molecular complexity index is 972. The fourth-order valence-electron chi connectivity index (χ4n) is 5.23. The standard InChI is InChI=1S/C26H37ClN6O2/c27-22-15-29-25(32-19-6-4-18(5-7-19)31-20-8-11-35-16-20)14-21(22)23-2-1-3-24(33-23)30-17-26(28)9-12-34-13-10-26/h1-3,14-15,18-20,31H,4-13,16-17,28H2,(H,29,32)(H,30,33)/t18?,19?,20-/m1/s1. The van der Waals surface area contributed by atoms with E-state index in [1.54, 1.807) is 6.20 Å². The van der Waals surface area contributed by atoms with Gasteiger partial charge in [0, 0.05) is 61.8 Å². The van der Waals surface area contributed by atoms with E-state index < -0.39 is 0 Å². The number of nitrogens with zero attached hydrogens (tertiary/aromatic N) is 2. The van der Waals surface area contributed by atoms with Crippen molar-refractivity contribution in [3.05, 3.63) is 35.5 Å². The zero-order valence-electron chi connectivity index (χ0n) is 20.3. The molecule has 8 nitrogen and oxygen atoms in total. The third-order valence-electron chi connectivity index (χ3n) is 7.47. The van der Waals surface area contributed by atoms with Gasteiger partial charge in [0.2, 0.25) is 0 Å². The molecule has 2 aromatic rings. The van der Waals surface area contributed by atoms with Crippen LogP contribution in [0.25, 0.3) is 11.3 Å². The van der Waals surface area contributed by atoms with E-state index in [1.807, 2.05) is 24.3 Å². The van der Waals surface area contributed by atoms with E-state index in [0.717, 1.165) is 68.2 Å². The lowest BCUT2D eigenvalue weighted by molar-refractivity contribution is 0.0574. The second-order valence-corrected chi connectivity index (χ2v) is 10.6. The van der Waals surface area contributed by atoms with E-state index >= 15 is 0 Å². The Morgan fingerprint density at radius 3 is 2.54 bits per heavy atom. The van der Waals surface area contributed by atoms with Crippen molar-refractivity contribution in [2.45, 2.75) is 68.6 Å². The van der Waals surface area contributed by atoms with Crippen molar-refractivity contribution in [1.29, 1.82) is 0 Å². The second-order valence-electron chi connectivity index (χ2n) is 10.2. The van der Waals surface area contributed by atoms with Crippen LogP contribution in [0.15, 0.2) is 30.5 Å². The highest BCUT2D eigenvalue weighted by molar-refractivity contribution is 6.33. The van der Waals surface area contributed by atoms with E-state index in [2.05, 4.69) is 20.9 Å². The smallest absolute Gasteiger partial charge is 0.126 e. The van der Waals surface area contributed by atoms with Gasteiger partial charge in [-0.1, -0.05) is 17.7 Å². The molecule has 3 aliphatic rings. The van der Waals surface area contributed by atoms with E-state index in [-0.39, 0.29) is 5.54 Å². The molecule has 2 aliphatic heterocycles. The van der Waals surface area contributed by atoms with E-state index in [4.69, 9.17) is 31.8 Å². The number of aromatic nitrogens is 2. The summed E-state index contributed by atoms with van der Waals surface area (Å²) < 4.78 is 10.9. The Morgan fingerprint density at radius 1 is 0.971 bits per heavy atom. The van der Waals surface area contributed by atoms with Gasteiger partial charge in [0.1, 0.15) is 11.6 Å². The predicted octanol–water partition coefficient (Wildman–Crippen LogP) is 3.82. The molecular formula is C26H37ClN6O2. The molecule has 4 heterocycles. The van der Waals surface area contributed by atoms with Crippen LogP contribution in [0.5, 0.6) is 0 Å². The molecule has 190 valence electrons. The first kappa shape index (κ1) is 24.7. The zero-order chi connectivity index (χ0) is 24.1. The predicted molar refractivity (Wildman–Crippen MR) is 140 cm³/mol. The minimum absolute atomic E-state index is 0.263. The Labute approximate surface area is 212 Å².